The molecule has 0 radical (unpaired) electrons. The van der Waals surface area contributed by atoms with Gasteiger partial charge in [-0.3, -0.25) is 9.89 Å². The van der Waals surface area contributed by atoms with Crippen molar-refractivity contribution in [1.29, 1.82) is 0 Å². The highest BCUT2D eigenvalue weighted by Crippen LogP contribution is 2.14. The van der Waals surface area contributed by atoms with E-state index in [0.717, 1.165) is 36.5 Å². The number of benzene rings is 1. The summed E-state index contributed by atoms with van der Waals surface area (Å²) in [5.41, 5.74) is 3.73. The molecular weight excluding hydrogens is 396 g/mol. The zero-order valence-electron chi connectivity index (χ0n) is 20.5. The third-order valence-corrected chi connectivity index (χ3v) is 4.34. The first-order valence-corrected chi connectivity index (χ1v) is 11.4. The van der Waals surface area contributed by atoms with E-state index >= 15 is 0 Å². The van der Waals surface area contributed by atoms with Crippen LogP contribution in [0, 0.1) is 0 Å². The van der Waals surface area contributed by atoms with E-state index in [0.29, 0.717) is 24.9 Å². The van der Waals surface area contributed by atoms with Crippen molar-refractivity contribution in [2.45, 2.75) is 47.1 Å². The number of hydrogen-bond acceptors (Lipinski definition) is 3. The number of allylic oxidation sites excluding steroid dienone is 3. The second-order valence-corrected chi connectivity index (χ2v) is 7.61. The van der Waals surface area contributed by atoms with Gasteiger partial charge in [0.1, 0.15) is 5.76 Å². The zero-order chi connectivity index (χ0) is 23.8. The molecule has 0 saturated carbocycles. The molecule has 2 rings (SSSR count). The molecule has 32 heavy (non-hydrogen) atoms. The molecule has 1 heterocycles. The lowest BCUT2D eigenvalue weighted by Gasteiger charge is -2.16. The SMILES string of the molecule is C=C/C1=C\C(=C)/C(C)=N/C(=NCC)Nc2cccc(c2)CN(C)C/C=C/CCO1.CCC.[HH]. The average Bonchev–Trinajstić information content (AvgIpc) is 2.75. The van der Waals surface area contributed by atoms with Crippen LogP contribution in [0.3, 0.4) is 0 Å². The Kier molecular flexibility index (Phi) is 13.4. The molecule has 0 spiro atoms. The van der Waals surface area contributed by atoms with Crippen LogP contribution in [0.4, 0.5) is 5.69 Å². The lowest BCUT2D eigenvalue weighted by Crippen LogP contribution is -2.18. The van der Waals surface area contributed by atoms with Gasteiger partial charge in [-0.05, 0) is 62.7 Å². The van der Waals surface area contributed by atoms with Crippen LogP contribution in [-0.4, -0.2) is 43.3 Å². The third kappa shape index (κ3) is 10.9. The van der Waals surface area contributed by atoms with Gasteiger partial charge in [0.05, 0.1) is 6.61 Å². The minimum atomic E-state index is 0. The van der Waals surface area contributed by atoms with E-state index in [1.807, 2.05) is 26.0 Å². The number of ether oxygens (including phenoxy) is 1. The van der Waals surface area contributed by atoms with E-state index in [9.17, 15) is 0 Å². The van der Waals surface area contributed by atoms with Gasteiger partial charge in [0, 0.05) is 32.5 Å². The third-order valence-electron chi connectivity index (χ3n) is 4.34. The van der Waals surface area contributed by atoms with Crippen molar-refractivity contribution >= 4 is 17.4 Å². The highest BCUT2D eigenvalue weighted by atomic mass is 16.5. The molecule has 0 aliphatic carbocycles. The van der Waals surface area contributed by atoms with Crippen molar-refractivity contribution in [2.75, 3.05) is 32.1 Å². The van der Waals surface area contributed by atoms with Crippen LogP contribution in [0.1, 0.15) is 47.5 Å². The van der Waals surface area contributed by atoms with Crippen molar-refractivity contribution < 1.29 is 6.16 Å². The highest BCUT2D eigenvalue weighted by molar-refractivity contribution is 6.09. The summed E-state index contributed by atoms with van der Waals surface area (Å²) in [7, 11) is 2.11. The predicted molar refractivity (Wildman–Crippen MR) is 143 cm³/mol. The molecule has 0 aromatic heterocycles. The monoisotopic (exact) mass is 438 g/mol. The number of nitrogens with one attached hydrogen (secondary N) is 1. The molecular formula is C27H42N4O. The molecule has 1 aliphatic rings. The maximum Gasteiger partial charge on any atom is 0.222 e. The van der Waals surface area contributed by atoms with Crippen molar-refractivity contribution in [2.24, 2.45) is 9.98 Å². The van der Waals surface area contributed by atoms with Crippen LogP contribution in [0.2, 0.25) is 0 Å². The standard InChI is InChI=1S/C24H32N4O.C3H8.H2/c1-6-23-16-19(3)20(4)26-24(25-7-2)27-22-13-11-12-21(17-22)18-28(5)14-9-8-10-15-29-23;1-3-2;/h6,8-9,11-13,16-17H,1,3,7,10,14-15,18H2,2,4-5H3,(H,25,27);3H2,1-2H3;1H/b9-8+,23-16+,26-20+;;. The number of rotatable bonds is 2. The Bertz CT molecular complexity index is 855. The van der Waals surface area contributed by atoms with Crippen LogP contribution in [0.5, 0.6) is 0 Å². The first-order chi connectivity index (χ1) is 15.4. The van der Waals surface area contributed by atoms with Gasteiger partial charge in [-0.25, -0.2) is 4.99 Å². The number of anilines is 1. The quantitative estimate of drug-likeness (QED) is 0.527. The fourth-order valence-electron chi connectivity index (χ4n) is 2.79. The van der Waals surface area contributed by atoms with Gasteiger partial charge < -0.3 is 10.1 Å². The molecule has 176 valence electrons. The predicted octanol–water partition coefficient (Wildman–Crippen LogP) is 6.63. The maximum atomic E-state index is 5.81. The van der Waals surface area contributed by atoms with Gasteiger partial charge in [-0.15, -0.1) is 0 Å². The molecule has 0 amide bonds. The average molecular weight is 439 g/mol. The normalized spacial score (nSPS) is 21.8. The second kappa shape index (κ2) is 15.8. The van der Waals surface area contributed by atoms with Crippen molar-refractivity contribution in [3.63, 3.8) is 0 Å². The van der Waals surface area contributed by atoms with Gasteiger partial charge in [0.25, 0.3) is 0 Å². The smallest absolute Gasteiger partial charge is 0.222 e. The van der Waals surface area contributed by atoms with Gasteiger partial charge >= 0.3 is 0 Å². The summed E-state index contributed by atoms with van der Waals surface area (Å²) in [5.74, 6) is 1.25. The van der Waals surface area contributed by atoms with Crippen molar-refractivity contribution in [3.8, 4) is 0 Å². The van der Waals surface area contributed by atoms with E-state index in [1.54, 1.807) is 6.08 Å². The Morgan fingerprint density at radius 3 is 2.72 bits per heavy atom. The molecule has 1 aliphatic heterocycles. The van der Waals surface area contributed by atoms with Gasteiger partial charge in [0.2, 0.25) is 5.96 Å². The summed E-state index contributed by atoms with van der Waals surface area (Å²) >= 11 is 0. The molecule has 1 aromatic carbocycles. The Labute approximate surface area is 196 Å². The molecule has 5 heteroatoms. The largest absolute Gasteiger partial charge is 0.493 e. The Morgan fingerprint density at radius 1 is 1.28 bits per heavy atom. The molecule has 1 N–H and O–H groups in total. The minimum absolute atomic E-state index is 0. The lowest BCUT2D eigenvalue weighted by molar-refractivity contribution is 0.230. The van der Waals surface area contributed by atoms with E-state index in [-0.39, 0.29) is 1.43 Å². The zero-order valence-corrected chi connectivity index (χ0v) is 20.5. The summed E-state index contributed by atoms with van der Waals surface area (Å²) in [6.45, 7) is 19.1. The summed E-state index contributed by atoms with van der Waals surface area (Å²) in [6.07, 6.45) is 9.96. The molecule has 0 atom stereocenters. The van der Waals surface area contributed by atoms with Crippen LogP contribution >= 0.6 is 0 Å². The molecule has 0 saturated heterocycles. The number of guanidine groups is 1. The van der Waals surface area contributed by atoms with Crippen LogP contribution < -0.4 is 5.32 Å². The topological polar surface area (TPSA) is 49.2 Å². The van der Waals surface area contributed by atoms with Crippen LogP contribution in [0.15, 0.2) is 83.0 Å². The Morgan fingerprint density at radius 2 is 2.03 bits per heavy atom. The number of nitrogens with zero attached hydrogens (tertiary/aromatic N) is 3. The first kappa shape index (κ1) is 27.1. The fraction of sp³-hybridized carbons (Fsp3) is 0.407. The molecule has 5 nitrogen and oxygen atoms in total. The van der Waals surface area contributed by atoms with E-state index in [4.69, 9.17) is 4.74 Å². The van der Waals surface area contributed by atoms with Gasteiger partial charge in [0.15, 0.2) is 0 Å². The molecule has 2 bridgehead atoms. The molecule has 0 unspecified atom stereocenters. The molecule has 1 aromatic rings. The summed E-state index contributed by atoms with van der Waals surface area (Å²) in [6, 6.07) is 8.34. The number of fused-ring (bicyclic) bond motifs is 2. The van der Waals surface area contributed by atoms with Gasteiger partial charge in [-0.2, -0.15) is 0 Å². The highest BCUT2D eigenvalue weighted by Gasteiger charge is 2.05. The van der Waals surface area contributed by atoms with Crippen molar-refractivity contribution in [3.05, 3.63) is 78.6 Å². The first-order valence-electron chi connectivity index (χ1n) is 11.4. The van der Waals surface area contributed by atoms with Crippen LogP contribution in [-0.2, 0) is 11.3 Å². The van der Waals surface area contributed by atoms with E-state index < -0.39 is 0 Å². The summed E-state index contributed by atoms with van der Waals surface area (Å²) in [4.78, 5) is 11.4. The van der Waals surface area contributed by atoms with E-state index in [2.05, 4.69) is 84.6 Å². The minimum Gasteiger partial charge on any atom is -0.493 e. The molecule has 0 fully saturated rings. The van der Waals surface area contributed by atoms with Crippen LogP contribution in [0.25, 0.3) is 0 Å². The lowest BCUT2D eigenvalue weighted by atomic mass is 10.1. The van der Waals surface area contributed by atoms with Crippen molar-refractivity contribution in [1.82, 2.24) is 4.90 Å². The number of hydrogen-bond donors (Lipinski definition) is 1. The summed E-state index contributed by atoms with van der Waals surface area (Å²) < 4.78 is 5.81. The number of aliphatic imine (C=N–C) groups is 2. The Hall–Kier alpha value is -2.92. The fourth-order valence-corrected chi connectivity index (χ4v) is 2.79. The summed E-state index contributed by atoms with van der Waals surface area (Å²) in [5, 5.41) is 3.33. The number of likely N-dealkylation sites (N-methyl/N-ethyl adjacent to an activating group) is 1. The second-order valence-electron chi connectivity index (χ2n) is 7.61. The van der Waals surface area contributed by atoms with Gasteiger partial charge in [-0.1, -0.05) is 57.7 Å². The Balaban J connectivity index is 0.00000242. The maximum absolute atomic E-state index is 5.81. The van der Waals surface area contributed by atoms with E-state index in [1.165, 1.54) is 12.0 Å².